The molecule has 0 aliphatic heterocycles. The van der Waals surface area contributed by atoms with Gasteiger partial charge in [0.2, 0.25) is 0 Å². The molecular formula is C14H22. The van der Waals surface area contributed by atoms with Gasteiger partial charge in [-0.2, -0.15) is 0 Å². The Morgan fingerprint density at radius 1 is 1.29 bits per heavy atom. The van der Waals surface area contributed by atoms with E-state index >= 15 is 0 Å². The number of allylic oxidation sites excluding steroid dienone is 6. The van der Waals surface area contributed by atoms with E-state index in [9.17, 15) is 0 Å². The van der Waals surface area contributed by atoms with Gasteiger partial charge in [-0.05, 0) is 44.6 Å². The lowest BCUT2D eigenvalue weighted by Crippen LogP contribution is -1.79. The first-order valence-corrected chi connectivity index (χ1v) is 5.81. The molecule has 78 valence electrons. The zero-order valence-corrected chi connectivity index (χ0v) is 9.77. The highest BCUT2D eigenvalue weighted by molar-refractivity contribution is 5.38. The summed E-state index contributed by atoms with van der Waals surface area (Å²) in [5.74, 6) is 0. The van der Waals surface area contributed by atoms with E-state index in [1.165, 1.54) is 25.7 Å². The van der Waals surface area contributed by atoms with E-state index in [1.54, 1.807) is 16.7 Å². The van der Waals surface area contributed by atoms with Gasteiger partial charge in [0.05, 0.1) is 0 Å². The van der Waals surface area contributed by atoms with Crippen molar-refractivity contribution in [3.63, 3.8) is 0 Å². The van der Waals surface area contributed by atoms with Crippen LogP contribution in [0.1, 0.15) is 52.9 Å². The summed E-state index contributed by atoms with van der Waals surface area (Å²) in [6.07, 6.45) is 13.0. The van der Waals surface area contributed by atoms with Crippen molar-refractivity contribution in [2.75, 3.05) is 0 Å². The Balaban J connectivity index is 2.40. The third-order valence-electron chi connectivity index (χ3n) is 2.86. The van der Waals surface area contributed by atoms with Crippen molar-refractivity contribution in [2.24, 2.45) is 0 Å². The monoisotopic (exact) mass is 190 g/mol. The van der Waals surface area contributed by atoms with Crippen LogP contribution in [0.3, 0.4) is 0 Å². The van der Waals surface area contributed by atoms with Crippen molar-refractivity contribution in [1.29, 1.82) is 0 Å². The Bertz CT molecular complexity index is 264. The van der Waals surface area contributed by atoms with Gasteiger partial charge in [0.1, 0.15) is 0 Å². The lowest BCUT2D eigenvalue weighted by molar-refractivity contribution is 0.976. The van der Waals surface area contributed by atoms with Crippen molar-refractivity contribution in [1.82, 2.24) is 0 Å². The second kappa shape index (κ2) is 5.85. The fourth-order valence-corrected chi connectivity index (χ4v) is 1.91. The van der Waals surface area contributed by atoms with E-state index in [0.29, 0.717) is 0 Å². The zero-order valence-electron chi connectivity index (χ0n) is 9.77. The van der Waals surface area contributed by atoms with Crippen molar-refractivity contribution in [3.05, 3.63) is 34.9 Å². The van der Waals surface area contributed by atoms with Gasteiger partial charge in [-0.15, -0.1) is 0 Å². The first kappa shape index (κ1) is 11.3. The van der Waals surface area contributed by atoms with Crippen LogP contribution in [0.15, 0.2) is 34.9 Å². The first-order valence-electron chi connectivity index (χ1n) is 5.81. The molecule has 0 radical (unpaired) electrons. The average molecular weight is 190 g/mol. The Kier molecular flexibility index (Phi) is 4.72. The summed E-state index contributed by atoms with van der Waals surface area (Å²) in [6.45, 7) is 6.71. The molecule has 0 atom stereocenters. The van der Waals surface area contributed by atoms with Crippen LogP contribution < -0.4 is 0 Å². The van der Waals surface area contributed by atoms with Crippen LogP contribution in [0, 0.1) is 0 Å². The highest BCUT2D eigenvalue weighted by Crippen LogP contribution is 2.29. The molecule has 0 saturated carbocycles. The van der Waals surface area contributed by atoms with Crippen LogP contribution in [-0.2, 0) is 0 Å². The standard InChI is InChI=1S/C14H22/c1-4-6-7-8-9-14-11-13(5-2)10-12(14)3/h6-7,11H,4-5,8-10H2,1-3H3. The molecule has 0 amide bonds. The smallest absolute Gasteiger partial charge is 0.0102 e. The average Bonchev–Trinajstić information content (AvgIpc) is 2.54. The van der Waals surface area contributed by atoms with E-state index in [2.05, 4.69) is 39.0 Å². The molecule has 1 aliphatic rings. The van der Waals surface area contributed by atoms with Gasteiger partial charge in [0.25, 0.3) is 0 Å². The molecule has 14 heavy (non-hydrogen) atoms. The summed E-state index contributed by atoms with van der Waals surface area (Å²) in [6, 6.07) is 0. The predicted molar refractivity (Wildman–Crippen MR) is 64.4 cm³/mol. The second-order valence-corrected chi connectivity index (χ2v) is 4.06. The van der Waals surface area contributed by atoms with Crippen molar-refractivity contribution >= 4 is 0 Å². The lowest BCUT2D eigenvalue weighted by Gasteiger charge is -1.98. The van der Waals surface area contributed by atoms with Crippen LogP contribution in [0.25, 0.3) is 0 Å². The van der Waals surface area contributed by atoms with Crippen molar-refractivity contribution in [3.8, 4) is 0 Å². The van der Waals surface area contributed by atoms with E-state index in [1.807, 2.05) is 0 Å². The van der Waals surface area contributed by atoms with Gasteiger partial charge in [0.15, 0.2) is 0 Å². The Morgan fingerprint density at radius 2 is 2.07 bits per heavy atom. The van der Waals surface area contributed by atoms with Gasteiger partial charge < -0.3 is 0 Å². The molecule has 0 nitrogen and oxygen atoms in total. The number of rotatable bonds is 5. The SMILES string of the molecule is CCC=CCCC1=C(C)CC(CC)=C1. The van der Waals surface area contributed by atoms with Crippen molar-refractivity contribution < 1.29 is 0 Å². The molecule has 0 N–H and O–H groups in total. The predicted octanol–water partition coefficient (Wildman–Crippen LogP) is 4.79. The zero-order chi connectivity index (χ0) is 10.4. The van der Waals surface area contributed by atoms with Crippen molar-refractivity contribution in [2.45, 2.75) is 52.9 Å². The van der Waals surface area contributed by atoms with E-state index < -0.39 is 0 Å². The third kappa shape index (κ3) is 3.17. The topological polar surface area (TPSA) is 0 Å². The van der Waals surface area contributed by atoms with Gasteiger partial charge in [0, 0.05) is 0 Å². The quantitative estimate of drug-likeness (QED) is 0.547. The summed E-state index contributed by atoms with van der Waals surface area (Å²) in [7, 11) is 0. The van der Waals surface area contributed by atoms with E-state index in [4.69, 9.17) is 0 Å². The van der Waals surface area contributed by atoms with Crippen LogP contribution in [-0.4, -0.2) is 0 Å². The van der Waals surface area contributed by atoms with Gasteiger partial charge in [-0.25, -0.2) is 0 Å². The lowest BCUT2D eigenvalue weighted by atomic mass is 10.1. The molecule has 0 bridgehead atoms. The largest absolute Gasteiger partial charge is 0.0888 e. The Labute approximate surface area is 88.4 Å². The van der Waals surface area contributed by atoms with Crippen LogP contribution in [0.4, 0.5) is 0 Å². The molecule has 0 heterocycles. The summed E-state index contributed by atoms with van der Waals surface area (Å²) in [5, 5.41) is 0. The minimum atomic E-state index is 1.16. The molecule has 0 aromatic carbocycles. The Morgan fingerprint density at radius 3 is 2.64 bits per heavy atom. The molecule has 0 heteroatoms. The Hall–Kier alpha value is -0.780. The molecule has 0 aromatic heterocycles. The number of hydrogen-bond acceptors (Lipinski definition) is 0. The van der Waals surface area contributed by atoms with E-state index in [-0.39, 0.29) is 0 Å². The van der Waals surface area contributed by atoms with Gasteiger partial charge in [-0.1, -0.05) is 43.2 Å². The molecule has 1 rings (SSSR count). The molecule has 0 saturated heterocycles. The normalized spacial score (nSPS) is 16.9. The molecular weight excluding hydrogens is 168 g/mol. The second-order valence-electron chi connectivity index (χ2n) is 4.06. The highest BCUT2D eigenvalue weighted by atomic mass is 14.1. The maximum atomic E-state index is 2.41. The minimum absolute atomic E-state index is 1.16. The fourth-order valence-electron chi connectivity index (χ4n) is 1.91. The molecule has 0 fully saturated rings. The number of hydrogen-bond donors (Lipinski definition) is 0. The van der Waals surface area contributed by atoms with Crippen LogP contribution in [0.2, 0.25) is 0 Å². The fraction of sp³-hybridized carbons (Fsp3) is 0.571. The first-order chi connectivity index (χ1) is 6.77. The van der Waals surface area contributed by atoms with Gasteiger partial charge in [-0.3, -0.25) is 0 Å². The molecule has 0 aromatic rings. The maximum Gasteiger partial charge on any atom is -0.0102 e. The molecule has 0 spiro atoms. The van der Waals surface area contributed by atoms with Crippen LogP contribution >= 0.6 is 0 Å². The maximum absolute atomic E-state index is 2.41. The summed E-state index contributed by atoms with van der Waals surface area (Å²) >= 11 is 0. The van der Waals surface area contributed by atoms with E-state index in [0.717, 1.165) is 6.42 Å². The summed E-state index contributed by atoms with van der Waals surface area (Å²) in [4.78, 5) is 0. The summed E-state index contributed by atoms with van der Waals surface area (Å²) in [5.41, 5.74) is 4.78. The van der Waals surface area contributed by atoms with Crippen LogP contribution in [0.5, 0.6) is 0 Å². The third-order valence-corrected chi connectivity index (χ3v) is 2.86. The van der Waals surface area contributed by atoms with Gasteiger partial charge >= 0.3 is 0 Å². The minimum Gasteiger partial charge on any atom is -0.0888 e. The summed E-state index contributed by atoms with van der Waals surface area (Å²) < 4.78 is 0. The highest BCUT2D eigenvalue weighted by Gasteiger charge is 2.09. The molecule has 1 aliphatic carbocycles. The molecule has 0 unspecified atom stereocenters.